The molecule has 8 heteroatoms. The fourth-order valence-corrected chi connectivity index (χ4v) is 2.13. The average Bonchev–Trinajstić information content (AvgIpc) is 2.71. The third-order valence-electron chi connectivity index (χ3n) is 3.41. The summed E-state index contributed by atoms with van der Waals surface area (Å²) in [5, 5.41) is 3.76. The van der Waals surface area contributed by atoms with Crippen LogP contribution in [0.2, 0.25) is 0 Å². The third kappa shape index (κ3) is 6.10. The van der Waals surface area contributed by atoms with Gasteiger partial charge in [-0.25, -0.2) is 10.2 Å². The average molecular weight is 374 g/mol. The van der Waals surface area contributed by atoms with Crippen molar-refractivity contribution in [1.82, 2.24) is 5.43 Å². The zero-order valence-electron chi connectivity index (χ0n) is 15.4. The molecular weight excluding hydrogens is 352 g/mol. The van der Waals surface area contributed by atoms with Crippen molar-refractivity contribution in [3.05, 3.63) is 48.0 Å². The lowest BCUT2D eigenvalue weighted by molar-refractivity contribution is 0.171. The summed E-state index contributed by atoms with van der Waals surface area (Å²) >= 11 is 0. The summed E-state index contributed by atoms with van der Waals surface area (Å²) in [7, 11) is 4.40. The maximum absolute atomic E-state index is 11.0. The van der Waals surface area contributed by atoms with Gasteiger partial charge in [-0.05, 0) is 35.9 Å². The molecule has 2 aromatic carbocycles. The van der Waals surface area contributed by atoms with Crippen LogP contribution in [0.4, 0.5) is 4.79 Å². The highest BCUT2D eigenvalue weighted by Gasteiger charge is 2.07. The minimum atomic E-state index is -0.645. The molecule has 0 heterocycles. The van der Waals surface area contributed by atoms with Crippen LogP contribution in [0.3, 0.4) is 0 Å². The summed E-state index contributed by atoms with van der Waals surface area (Å²) < 4.78 is 26.4. The second-order valence-corrected chi connectivity index (χ2v) is 5.12. The van der Waals surface area contributed by atoms with Crippen LogP contribution in [0.5, 0.6) is 23.0 Å². The molecule has 0 bridgehead atoms. The number of rotatable bonds is 9. The molecule has 0 atom stereocenters. The molecule has 0 aliphatic heterocycles. The second-order valence-electron chi connectivity index (χ2n) is 5.12. The summed E-state index contributed by atoms with van der Waals surface area (Å²) in [6.07, 6.45) is 0.821. The Morgan fingerprint density at radius 3 is 2.19 bits per heavy atom. The first-order chi connectivity index (χ1) is 13.2. The van der Waals surface area contributed by atoms with Crippen LogP contribution in [-0.4, -0.2) is 46.9 Å². The van der Waals surface area contributed by atoms with Crippen molar-refractivity contribution in [3.63, 3.8) is 0 Å². The van der Waals surface area contributed by atoms with Crippen LogP contribution in [0.25, 0.3) is 0 Å². The molecule has 0 spiro atoms. The number of benzene rings is 2. The highest BCUT2D eigenvalue weighted by atomic mass is 16.6. The Morgan fingerprint density at radius 1 is 0.926 bits per heavy atom. The monoisotopic (exact) mass is 374 g/mol. The Bertz CT molecular complexity index is 779. The lowest BCUT2D eigenvalue weighted by atomic mass is 10.2. The number of hydrazone groups is 1. The normalized spacial score (nSPS) is 10.3. The summed E-state index contributed by atoms with van der Waals surface area (Å²) in [4.78, 5) is 11.0. The molecule has 144 valence electrons. The summed E-state index contributed by atoms with van der Waals surface area (Å²) in [5.74, 6) is 2.42. The van der Waals surface area contributed by atoms with Crippen molar-refractivity contribution >= 4 is 12.3 Å². The quantitative estimate of drug-likeness (QED) is 0.413. The summed E-state index contributed by atoms with van der Waals surface area (Å²) in [6, 6.07) is 12.7. The van der Waals surface area contributed by atoms with Gasteiger partial charge in [0.25, 0.3) is 0 Å². The zero-order chi connectivity index (χ0) is 19.5. The Kier molecular flexibility index (Phi) is 7.77. The number of para-hydroxylation sites is 2. The van der Waals surface area contributed by atoms with Crippen molar-refractivity contribution in [1.29, 1.82) is 0 Å². The van der Waals surface area contributed by atoms with E-state index in [2.05, 4.69) is 15.3 Å². The standard InChI is InChI=1S/C19H22N2O6/c1-23-15-6-4-5-7-16(15)26-10-11-27-17-9-8-14(12-18(17)24-2)13-20-21-19(22)25-3/h4-9,12-13H,10-11H2,1-3H3,(H,21,22)/b20-13+. The number of carbonyl (C=O) groups is 1. The molecule has 1 N–H and O–H groups in total. The molecule has 0 saturated carbocycles. The van der Waals surface area contributed by atoms with Crippen LogP contribution in [0.15, 0.2) is 47.6 Å². The molecule has 0 fully saturated rings. The van der Waals surface area contributed by atoms with Crippen LogP contribution in [0, 0.1) is 0 Å². The van der Waals surface area contributed by atoms with E-state index in [1.54, 1.807) is 32.4 Å². The maximum Gasteiger partial charge on any atom is 0.427 e. The van der Waals surface area contributed by atoms with Crippen molar-refractivity contribution in [2.24, 2.45) is 5.10 Å². The Morgan fingerprint density at radius 2 is 1.56 bits per heavy atom. The van der Waals surface area contributed by atoms with Gasteiger partial charge in [-0.2, -0.15) is 5.10 Å². The number of hydrogen-bond donors (Lipinski definition) is 1. The smallest absolute Gasteiger partial charge is 0.427 e. The van der Waals surface area contributed by atoms with E-state index in [0.717, 1.165) is 5.56 Å². The van der Waals surface area contributed by atoms with Gasteiger partial charge in [-0.3, -0.25) is 0 Å². The fourth-order valence-electron chi connectivity index (χ4n) is 2.13. The lowest BCUT2D eigenvalue weighted by Gasteiger charge is -2.13. The van der Waals surface area contributed by atoms with E-state index in [4.69, 9.17) is 18.9 Å². The van der Waals surface area contributed by atoms with E-state index in [9.17, 15) is 4.79 Å². The molecule has 8 nitrogen and oxygen atoms in total. The van der Waals surface area contributed by atoms with E-state index in [0.29, 0.717) is 36.2 Å². The Hall–Kier alpha value is -3.42. The molecule has 0 aliphatic rings. The van der Waals surface area contributed by atoms with Gasteiger partial charge in [0.15, 0.2) is 23.0 Å². The van der Waals surface area contributed by atoms with Gasteiger partial charge >= 0.3 is 6.09 Å². The molecule has 27 heavy (non-hydrogen) atoms. The molecule has 0 radical (unpaired) electrons. The van der Waals surface area contributed by atoms with Gasteiger partial charge in [0, 0.05) is 0 Å². The van der Waals surface area contributed by atoms with Crippen LogP contribution in [0.1, 0.15) is 5.56 Å². The first-order valence-corrected chi connectivity index (χ1v) is 8.11. The number of hydrogen-bond acceptors (Lipinski definition) is 7. The highest BCUT2D eigenvalue weighted by Crippen LogP contribution is 2.28. The van der Waals surface area contributed by atoms with Gasteiger partial charge in [0.05, 0.1) is 27.5 Å². The maximum atomic E-state index is 11.0. The predicted octanol–water partition coefficient (Wildman–Crippen LogP) is 2.85. The molecule has 0 saturated heterocycles. The van der Waals surface area contributed by atoms with E-state index in [1.165, 1.54) is 13.3 Å². The predicted molar refractivity (Wildman–Crippen MR) is 100 cm³/mol. The van der Waals surface area contributed by atoms with Crippen molar-refractivity contribution in [3.8, 4) is 23.0 Å². The number of methoxy groups -OCH3 is 3. The Balaban J connectivity index is 1.89. The summed E-state index contributed by atoms with van der Waals surface area (Å²) in [6.45, 7) is 0.668. The van der Waals surface area contributed by atoms with Crippen molar-refractivity contribution < 1.29 is 28.5 Å². The summed E-state index contributed by atoms with van der Waals surface area (Å²) in [5.41, 5.74) is 2.93. The van der Waals surface area contributed by atoms with Gasteiger partial charge in [0.1, 0.15) is 13.2 Å². The molecule has 0 aromatic heterocycles. The van der Waals surface area contributed by atoms with E-state index in [1.807, 2.05) is 24.3 Å². The minimum Gasteiger partial charge on any atom is -0.493 e. The van der Waals surface area contributed by atoms with E-state index >= 15 is 0 Å². The van der Waals surface area contributed by atoms with Crippen molar-refractivity contribution in [2.75, 3.05) is 34.5 Å². The van der Waals surface area contributed by atoms with E-state index < -0.39 is 6.09 Å². The Labute approximate surface area is 157 Å². The van der Waals surface area contributed by atoms with Crippen LogP contribution in [-0.2, 0) is 4.74 Å². The number of carbonyl (C=O) groups excluding carboxylic acids is 1. The lowest BCUT2D eigenvalue weighted by Crippen LogP contribution is -2.16. The minimum absolute atomic E-state index is 0.325. The first-order valence-electron chi connectivity index (χ1n) is 8.11. The van der Waals surface area contributed by atoms with Gasteiger partial charge in [0.2, 0.25) is 0 Å². The van der Waals surface area contributed by atoms with Gasteiger partial charge in [-0.15, -0.1) is 0 Å². The van der Waals surface area contributed by atoms with Gasteiger partial charge in [-0.1, -0.05) is 12.1 Å². The number of nitrogens with one attached hydrogen (secondary N) is 1. The van der Waals surface area contributed by atoms with E-state index in [-0.39, 0.29) is 0 Å². The van der Waals surface area contributed by atoms with Crippen LogP contribution >= 0.6 is 0 Å². The largest absolute Gasteiger partial charge is 0.493 e. The number of ether oxygens (including phenoxy) is 5. The number of amides is 1. The van der Waals surface area contributed by atoms with Gasteiger partial charge < -0.3 is 23.7 Å². The highest BCUT2D eigenvalue weighted by molar-refractivity contribution is 5.82. The molecule has 2 aromatic rings. The second kappa shape index (κ2) is 10.5. The zero-order valence-corrected chi connectivity index (χ0v) is 15.4. The van der Waals surface area contributed by atoms with Crippen LogP contribution < -0.4 is 24.4 Å². The molecule has 0 unspecified atom stereocenters. The molecule has 1 amide bonds. The first kappa shape index (κ1) is 19.9. The fraction of sp³-hybridized carbons (Fsp3) is 0.263. The molecular formula is C19H22N2O6. The number of nitrogens with zero attached hydrogens (tertiary/aromatic N) is 1. The van der Waals surface area contributed by atoms with Crippen molar-refractivity contribution in [2.45, 2.75) is 0 Å². The SMILES string of the molecule is COC(=O)N/N=C/c1ccc(OCCOc2ccccc2OC)c(OC)c1. The topological polar surface area (TPSA) is 87.6 Å². The molecule has 2 rings (SSSR count). The molecule has 0 aliphatic carbocycles. The third-order valence-corrected chi connectivity index (χ3v) is 3.41.